The Bertz CT molecular complexity index is 647. The van der Waals surface area contributed by atoms with Crippen LogP contribution >= 0.6 is 0 Å². The molecular weight excluding hydrogens is 302 g/mol. The van der Waals surface area contributed by atoms with Crippen molar-refractivity contribution in [3.8, 4) is 5.88 Å². The molecule has 0 aliphatic carbocycles. The van der Waals surface area contributed by atoms with Crippen LogP contribution in [-0.4, -0.2) is 24.3 Å². The lowest BCUT2D eigenvalue weighted by atomic mass is 10.1. The Balaban J connectivity index is 2.82. The van der Waals surface area contributed by atoms with Gasteiger partial charge in [-0.05, 0) is 18.9 Å². The van der Waals surface area contributed by atoms with Gasteiger partial charge in [0.1, 0.15) is 0 Å². The van der Waals surface area contributed by atoms with Gasteiger partial charge in [-0.15, -0.1) is 0 Å². The maximum atomic E-state index is 12.0. The zero-order valence-corrected chi connectivity index (χ0v) is 14.6. The summed E-state index contributed by atoms with van der Waals surface area (Å²) in [5, 5.41) is 10.3. The molecule has 6 heteroatoms. The molecule has 0 radical (unpaired) electrons. The third-order valence-electron chi connectivity index (χ3n) is 3.75. The summed E-state index contributed by atoms with van der Waals surface area (Å²) >= 11 is 0. The molecule has 0 aromatic carbocycles. The van der Waals surface area contributed by atoms with E-state index in [4.69, 9.17) is 0 Å². The molecule has 1 aromatic heterocycles. The van der Waals surface area contributed by atoms with Gasteiger partial charge in [-0.3, -0.25) is 9.36 Å². The zero-order chi connectivity index (χ0) is 16.8. The molecular formula is C16H27NO4S. The summed E-state index contributed by atoms with van der Waals surface area (Å²) < 4.78 is 24.2. The molecule has 1 rings (SSSR count). The number of aromatic hydroxyl groups is 1. The maximum absolute atomic E-state index is 12.0. The third-order valence-corrected chi connectivity index (χ3v) is 4.56. The highest BCUT2D eigenvalue weighted by atomic mass is 32.2. The second-order valence-electron chi connectivity index (χ2n) is 5.96. The summed E-state index contributed by atoms with van der Waals surface area (Å²) in [6.07, 6.45) is 7.63. The third kappa shape index (κ3) is 5.83. The quantitative estimate of drug-likeness (QED) is 0.707. The van der Waals surface area contributed by atoms with Crippen LogP contribution in [0, 0.1) is 6.92 Å². The Hall–Kier alpha value is -1.30. The number of sulfone groups is 1. The largest absolute Gasteiger partial charge is 0.494 e. The normalized spacial score (nSPS) is 11.8. The van der Waals surface area contributed by atoms with Crippen LogP contribution in [0.3, 0.4) is 0 Å². The fourth-order valence-corrected chi connectivity index (χ4v) is 3.38. The Kier molecular flexibility index (Phi) is 7.13. The SMILES string of the molecule is CCCCCCCCn1c(O)c(CS(C)(=O)=O)c(C)cc1=O. The predicted octanol–water partition coefficient (Wildman–Crippen LogP) is 2.77. The fraction of sp³-hybridized carbons (Fsp3) is 0.688. The Labute approximate surface area is 132 Å². The molecule has 0 aliphatic rings. The van der Waals surface area contributed by atoms with Gasteiger partial charge in [-0.25, -0.2) is 8.42 Å². The molecule has 126 valence electrons. The average molecular weight is 329 g/mol. The van der Waals surface area contributed by atoms with E-state index in [1.165, 1.54) is 29.9 Å². The monoisotopic (exact) mass is 329 g/mol. The van der Waals surface area contributed by atoms with Crippen molar-refractivity contribution in [3.63, 3.8) is 0 Å². The molecule has 1 aromatic rings. The summed E-state index contributed by atoms with van der Waals surface area (Å²) in [7, 11) is -3.26. The molecule has 0 bridgehead atoms. The number of pyridine rings is 1. The van der Waals surface area contributed by atoms with E-state index < -0.39 is 9.84 Å². The minimum atomic E-state index is -3.26. The zero-order valence-electron chi connectivity index (χ0n) is 13.8. The van der Waals surface area contributed by atoms with Crippen LogP contribution in [0.15, 0.2) is 10.9 Å². The van der Waals surface area contributed by atoms with Gasteiger partial charge in [0.25, 0.3) is 5.56 Å². The molecule has 0 spiro atoms. The van der Waals surface area contributed by atoms with Crippen LogP contribution in [-0.2, 0) is 22.1 Å². The van der Waals surface area contributed by atoms with Gasteiger partial charge in [0.2, 0.25) is 0 Å². The molecule has 1 heterocycles. The number of aromatic nitrogens is 1. The van der Waals surface area contributed by atoms with E-state index in [1.807, 2.05) is 0 Å². The Morgan fingerprint density at radius 3 is 2.32 bits per heavy atom. The minimum absolute atomic E-state index is 0.205. The molecule has 0 fully saturated rings. The first-order valence-corrected chi connectivity index (χ1v) is 9.92. The van der Waals surface area contributed by atoms with E-state index in [9.17, 15) is 18.3 Å². The molecule has 0 atom stereocenters. The van der Waals surface area contributed by atoms with Crippen molar-refractivity contribution in [3.05, 3.63) is 27.5 Å². The van der Waals surface area contributed by atoms with Crippen molar-refractivity contribution < 1.29 is 13.5 Å². The lowest BCUT2D eigenvalue weighted by Gasteiger charge is -2.14. The summed E-state index contributed by atoms with van der Waals surface area (Å²) in [6.45, 7) is 4.23. The summed E-state index contributed by atoms with van der Waals surface area (Å²) in [4.78, 5) is 12.0. The van der Waals surface area contributed by atoms with Crippen molar-refractivity contribution in [2.75, 3.05) is 6.26 Å². The molecule has 22 heavy (non-hydrogen) atoms. The van der Waals surface area contributed by atoms with Crippen LogP contribution < -0.4 is 5.56 Å². The van der Waals surface area contributed by atoms with E-state index >= 15 is 0 Å². The van der Waals surface area contributed by atoms with Gasteiger partial charge in [-0.2, -0.15) is 0 Å². The highest BCUT2D eigenvalue weighted by molar-refractivity contribution is 7.89. The summed E-state index contributed by atoms with van der Waals surface area (Å²) in [5.74, 6) is -0.453. The molecule has 0 saturated carbocycles. The highest BCUT2D eigenvalue weighted by Gasteiger charge is 2.16. The first kappa shape index (κ1) is 18.7. The second-order valence-corrected chi connectivity index (χ2v) is 8.10. The van der Waals surface area contributed by atoms with Crippen LogP contribution in [0.4, 0.5) is 0 Å². The molecule has 1 N–H and O–H groups in total. The van der Waals surface area contributed by atoms with E-state index in [2.05, 4.69) is 6.92 Å². The van der Waals surface area contributed by atoms with Gasteiger partial charge >= 0.3 is 0 Å². The number of unbranched alkanes of at least 4 members (excludes halogenated alkanes) is 5. The number of rotatable bonds is 9. The van der Waals surface area contributed by atoms with Crippen LogP contribution in [0.1, 0.15) is 56.6 Å². The van der Waals surface area contributed by atoms with Crippen LogP contribution in [0.2, 0.25) is 0 Å². The summed E-state index contributed by atoms with van der Waals surface area (Å²) in [5.41, 5.74) is 0.570. The van der Waals surface area contributed by atoms with Crippen LogP contribution in [0.5, 0.6) is 5.88 Å². The number of nitrogens with zero attached hydrogens (tertiary/aromatic N) is 1. The van der Waals surface area contributed by atoms with Crippen molar-refractivity contribution in [2.24, 2.45) is 0 Å². The van der Waals surface area contributed by atoms with Gasteiger partial charge in [-0.1, -0.05) is 39.0 Å². The van der Waals surface area contributed by atoms with Crippen molar-refractivity contribution in [1.29, 1.82) is 0 Å². The number of hydrogen-bond acceptors (Lipinski definition) is 4. The highest BCUT2D eigenvalue weighted by Crippen LogP contribution is 2.21. The topological polar surface area (TPSA) is 76.4 Å². The Morgan fingerprint density at radius 2 is 1.73 bits per heavy atom. The lowest BCUT2D eigenvalue weighted by Crippen LogP contribution is -2.22. The van der Waals surface area contributed by atoms with E-state index in [-0.39, 0.29) is 17.2 Å². The lowest BCUT2D eigenvalue weighted by molar-refractivity contribution is 0.393. The predicted molar refractivity (Wildman–Crippen MR) is 89.0 cm³/mol. The molecule has 0 amide bonds. The molecule has 5 nitrogen and oxygen atoms in total. The van der Waals surface area contributed by atoms with Crippen molar-refractivity contribution in [2.45, 2.75) is 64.7 Å². The Morgan fingerprint density at radius 1 is 1.14 bits per heavy atom. The van der Waals surface area contributed by atoms with Gasteiger partial charge < -0.3 is 5.11 Å². The maximum Gasteiger partial charge on any atom is 0.253 e. The fourth-order valence-electron chi connectivity index (χ4n) is 2.50. The van der Waals surface area contributed by atoms with E-state index in [0.29, 0.717) is 17.7 Å². The molecule has 0 aliphatic heterocycles. The number of aryl methyl sites for hydroxylation is 1. The average Bonchev–Trinajstić information content (AvgIpc) is 2.40. The molecule has 0 unspecified atom stereocenters. The van der Waals surface area contributed by atoms with E-state index in [1.54, 1.807) is 6.92 Å². The van der Waals surface area contributed by atoms with Crippen LogP contribution in [0.25, 0.3) is 0 Å². The van der Waals surface area contributed by atoms with Gasteiger partial charge in [0.05, 0.1) is 5.75 Å². The minimum Gasteiger partial charge on any atom is -0.494 e. The van der Waals surface area contributed by atoms with Crippen molar-refractivity contribution in [1.82, 2.24) is 4.57 Å². The second kappa shape index (κ2) is 8.36. The smallest absolute Gasteiger partial charge is 0.253 e. The van der Waals surface area contributed by atoms with Gasteiger partial charge in [0.15, 0.2) is 15.7 Å². The first-order chi connectivity index (χ1) is 10.3. The van der Waals surface area contributed by atoms with Crippen molar-refractivity contribution >= 4 is 9.84 Å². The molecule has 0 saturated heterocycles. The number of hydrogen-bond donors (Lipinski definition) is 1. The summed E-state index contributed by atoms with van der Waals surface area (Å²) in [6, 6.07) is 1.40. The first-order valence-electron chi connectivity index (χ1n) is 7.86. The van der Waals surface area contributed by atoms with E-state index in [0.717, 1.165) is 25.5 Å². The van der Waals surface area contributed by atoms with Gasteiger partial charge in [0, 0.05) is 24.4 Å². The standard InChI is InChI=1S/C16H27NO4S/c1-4-5-6-7-8-9-10-17-15(18)11-13(2)14(16(17)19)12-22(3,20)21/h11,19H,4-10,12H2,1-3H3.